The van der Waals surface area contributed by atoms with Crippen molar-refractivity contribution in [3.63, 3.8) is 0 Å². The normalized spacial score (nSPS) is 40.4. The maximum atomic E-state index is 2.47. The summed E-state index contributed by atoms with van der Waals surface area (Å²) < 4.78 is 0.303. The van der Waals surface area contributed by atoms with Crippen molar-refractivity contribution >= 4 is 37.2 Å². The number of halogens is 3. The summed E-state index contributed by atoms with van der Waals surface area (Å²) in [6, 6.07) is 0. The fourth-order valence-electron chi connectivity index (χ4n) is 3.51. The summed E-state index contributed by atoms with van der Waals surface area (Å²) in [5.41, 5.74) is 4.93. The SMILES string of the molecule is CC1=CC2=C(C(C)C(C)C(C)C2C)[C]1(C)[Ti].Cl.Cl.Cl. The summed E-state index contributed by atoms with van der Waals surface area (Å²) in [5, 5.41) is 0. The van der Waals surface area contributed by atoms with Gasteiger partial charge >= 0.3 is 112 Å². The molecule has 0 saturated carbocycles. The summed E-state index contributed by atoms with van der Waals surface area (Å²) in [6.07, 6.45) is 2.47. The molecule has 0 N–H and O–H groups in total. The van der Waals surface area contributed by atoms with Crippen molar-refractivity contribution in [3.8, 4) is 0 Å². The first kappa shape index (κ1) is 22.3. The van der Waals surface area contributed by atoms with Crippen LogP contribution in [0.3, 0.4) is 0 Å². The van der Waals surface area contributed by atoms with Gasteiger partial charge in [0.15, 0.2) is 0 Å². The molecule has 2 rings (SSSR count). The average Bonchev–Trinajstić information content (AvgIpc) is 2.45. The molecule has 111 valence electrons. The van der Waals surface area contributed by atoms with Crippen molar-refractivity contribution in [1.29, 1.82) is 0 Å². The van der Waals surface area contributed by atoms with Crippen LogP contribution in [0.1, 0.15) is 41.5 Å². The van der Waals surface area contributed by atoms with E-state index in [1.807, 2.05) is 0 Å². The Hall–Kier alpha value is 1.06. The van der Waals surface area contributed by atoms with Gasteiger partial charge in [-0.3, -0.25) is 0 Å². The minimum absolute atomic E-state index is 0. The van der Waals surface area contributed by atoms with E-state index in [4.69, 9.17) is 0 Å². The predicted molar refractivity (Wildman–Crippen MR) is 87.6 cm³/mol. The molecule has 0 nitrogen and oxygen atoms in total. The molecular formula is C15H26Cl3Ti. The molecule has 0 aromatic rings. The van der Waals surface area contributed by atoms with Crippen molar-refractivity contribution in [2.45, 2.75) is 45.3 Å². The number of allylic oxidation sites excluding steroid dienone is 4. The molecule has 4 heteroatoms. The Balaban J connectivity index is 0. The molecule has 2 aliphatic carbocycles. The monoisotopic (exact) mass is 359 g/mol. The van der Waals surface area contributed by atoms with Crippen LogP contribution in [0, 0.1) is 23.7 Å². The summed E-state index contributed by atoms with van der Waals surface area (Å²) >= 11 is 2.40. The van der Waals surface area contributed by atoms with E-state index in [2.05, 4.69) is 68.1 Å². The summed E-state index contributed by atoms with van der Waals surface area (Å²) in [7, 11) is 0. The van der Waals surface area contributed by atoms with Crippen molar-refractivity contribution in [3.05, 3.63) is 22.8 Å². The van der Waals surface area contributed by atoms with Gasteiger partial charge in [0.25, 0.3) is 0 Å². The van der Waals surface area contributed by atoms with Crippen molar-refractivity contribution in [2.24, 2.45) is 23.7 Å². The number of hydrogen-bond acceptors (Lipinski definition) is 0. The largest absolute Gasteiger partial charge is 0.147 e. The van der Waals surface area contributed by atoms with Gasteiger partial charge < -0.3 is 0 Å². The third-order valence-electron chi connectivity index (χ3n) is 5.36. The second-order valence-electron chi connectivity index (χ2n) is 6.12. The smallest absolute Gasteiger partial charge is 0.147 e. The zero-order valence-electron chi connectivity index (χ0n) is 12.6. The van der Waals surface area contributed by atoms with Crippen LogP contribution in [0.5, 0.6) is 0 Å². The first-order chi connectivity index (χ1) is 7.28. The van der Waals surface area contributed by atoms with E-state index < -0.39 is 0 Å². The maximum absolute atomic E-state index is 2.47. The maximum Gasteiger partial charge on any atom is -0.147 e. The topological polar surface area (TPSA) is 0 Å². The molecule has 5 unspecified atom stereocenters. The van der Waals surface area contributed by atoms with Gasteiger partial charge in [0.05, 0.1) is 0 Å². The number of hydrogen-bond donors (Lipinski definition) is 0. The summed E-state index contributed by atoms with van der Waals surface area (Å²) in [5.74, 6) is 3.10. The minimum Gasteiger partial charge on any atom is -0.147 e. The second kappa shape index (κ2) is 7.36. The van der Waals surface area contributed by atoms with Gasteiger partial charge in [-0.15, -0.1) is 37.2 Å². The Bertz CT molecular complexity index is 385. The molecule has 0 amide bonds. The van der Waals surface area contributed by atoms with Crippen LogP contribution in [0.15, 0.2) is 22.8 Å². The van der Waals surface area contributed by atoms with Gasteiger partial charge in [-0.2, -0.15) is 0 Å². The fourth-order valence-corrected chi connectivity index (χ4v) is 4.20. The quantitative estimate of drug-likeness (QED) is 0.480. The molecular weight excluding hydrogens is 334 g/mol. The van der Waals surface area contributed by atoms with Crippen LogP contribution >= 0.6 is 37.2 Å². The molecule has 2 aliphatic rings. The summed E-state index contributed by atoms with van der Waals surface area (Å²) in [4.78, 5) is 0. The summed E-state index contributed by atoms with van der Waals surface area (Å²) in [6.45, 7) is 14.4. The average molecular weight is 361 g/mol. The fraction of sp³-hybridized carbons (Fsp3) is 0.733. The van der Waals surface area contributed by atoms with Crippen LogP contribution < -0.4 is 0 Å². The van der Waals surface area contributed by atoms with E-state index in [0.29, 0.717) is 3.72 Å². The van der Waals surface area contributed by atoms with E-state index in [1.165, 1.54) is 0 Å². The molecule has 19 heavy (non-hydrogen) atoms. The molecule has 0 aromatic carbocycles. The number of rotatable bonds is 0. The molecule has 0 aliphatic heterocycles. The zero-order valence-corrected chi connectivity index (χ0v) is 16.6. The zero-order chi connectivity index (χ0) is 12.2. The van der Waals surface area contributed by atoms with E-state index in [1.54, 1.807) is 16.7 Å². The van der Waals surface area contributed by atoms with Gasteiger partial charge in [-0.05, 0) is 0 Å². The van der Waals surface area contributed by atoms with Gasteiger partial charge in [0.1, 0.15) is 0 Å². The Morgan fingerprint density at radius 1 is 0.947 bits per heavy atom. The van der Waals surface area contributed by atoms with Crippen LogP contribution in [0.2, 0.25) is 3.72 Å². The molecule has 0 bridgehead atoms. The molecule has 5 atom stereocenters. The molecule has 0 heterocycles. The Labute approximate surface area is 148 Å². The third kappa shape index (κ3) is 3.29. The van der Waals surface area contributed by atoms with E-state index in [0.717, 1.165) is 23.7 Å². The van der Waals surface area contributed by atoms with Crippen LogP contribution in [0.25, 0.3) is 0 Å². The van der Waals surface area contributed by atoms with Crippen LogP contribution in [-0.2, 0) is 20.4 Å². The molecule has 0 saturated heterocycles. The standard InChI is InChI=1S/C15H23.3ClH.Ti/c1-8-7-14-12(5)10(3)11(4)13(6)15(14)9(8)2;;;;/h7,10-13H,1-6H3;3*1H;. The van der Waals surface area contributed by atoms with Gasteiger partial charge in [0, 0.05) is 0 Å². The predicted octanol–water partition coefficient (Wildman–Crippen LogP) is 5.79. The molecule has 0 spiro atoms. The van der Waals surface area contributed by atoms with E-state index in [-0.39, 0.29) is 37.2 Å². The first-order valence-corrected chi connectivity index (χ1v) is 7.24. The van der Waals surface area contributed by atoms with Gasteiger partial charge in [-0.25, -0.2) is 0 Å². The van der Waals surface area contributed by atoms with Crippen LogP contribution in [0.4, 0.5) is 0 Å². The van der Waals surface area contributed by atoms with E-state index >= 15 is 0 Å². The minimum atomic E-state index is 0. The van der Waals surface area contributed by atoms with Gasteiger partial charge in [-0.1, -0.05) is 0 Å². The molecule has 0 radical (unpaired) electrons. The van der Waals surface area contributed by atoms with Crippen molar-refractivity contribution in [2.75, 3.05) is 0 Å². The molecule has 0 aromatic heterocycles. The third-order valence-corrected chi connectivity index (χ3v) is 6.40. The second-order valence-corrected chi connectivity index (χ2v) is 7.68. The van der Waals surface area contributed by atoms with Crippen molar-refractivity contribution in [1.82, 2.24) is 0 Å². The first-order valence-electron chi connectivity index (χ1n) is 6.46. The van der Waals surface area contributed by atoms with Crippen molar-refractivity contribution < 1.29 is 20.4 Å². The Morgan fingerprint density at radius 3 is 1.84 bits per heavy atom. The van der Waals surface area contributed by atoms with Gasteiger partial charge in [0.2, 0.25) is 0 Å². The Morgan fingerprint density at radius 2 is 1.37 bits per heavy atom. The Kier molecular flexibility index (Phi) is 8.66. The van der Waals surface area contributed by atoms with E-state index in [9.17, 15) is 0 Å². The molecule has 0 fully saturated rings. The van der Waals surface area contributed by atoms with Crippen LogP contribution in [-0.4, -0.2) is 0 Å².